The predicted molar refractivity (Wildman–Crippen MR) is 57.6 cm³/mol. The van der Waals surface area contributed by atoms with Gasteiger partial charge in [0.2, 0.25) is 0 Å². The maximum atomic E-state index is 10.9. The molecule has 0 aliphatic heterocycles. The van der Waals surface area contributed by atoms with Crippen molar-refractivity contribution in [2.75, 3.05) is 13.2 Å². The molecule has 0 aromatic carbocycles. The molecule has 84 valence electrons. The van der Waals surface area contributed by atoms with Crippen molar-refractivity contribution in [1.82, 2.24) is 4.57 Å². The zero-order valence-electron chi connectivity index (χ0n) is 8.74. The highest BCUT2D eigenvalue weighted by Gasteiger charge is 2.15. The van der Waals surface area contributed by atoms with Crippen LogP contribution in [-0.4, -0.2) is 28.9 Å². The molecule has 0 aliphatic rings. The van der Waals surface area contributed by atoms with E-state index in [4.69, 9.17) is 21.4 Å². The Kier molecular flexibility index (Phi) is 4.17. The van der Waals surface area contributed by atoms with Crippen molar-refractivity contribution >= 4 is 17.6 Å². The molecule has 5 heteroatoms. The number of aromatic nitrogens is 1. The zero-order chi connectivity index (χ0) is 11.4. The van der Waals surface area contributed by atoms with Crippen LogP contribution >= 0.6 is 11.6 Å². The number of carboxylic acids is 1. The fraction of sp³-hybridized carbons (Fsp3) is 0.500. The monoisotopic (exact) mass is 231 g/mol. The lowest BCUT2D eigenvalue weighted by molar-refractivity contribution is 0.0674. The van der Waals surface area contributed by atoms with Gasteiger partial charge >= 0.3 is 5.97 Å². The maximum Gasteiger partial charge on any atom is 0.352 e. The second-order valence-corrected chi connectivity index (χ2v) is 3.70. The third-order valence-corrected chi connectivity index (χ3v) is 2.28. The predicted octanol–water partition coefficient (Wildman–Crippen LogP) is 2.44. The lowest BCUT2D eigenvalue weighted by atomic mass is 10.3. The quantitative estimate of drug-likeness (QED) is 0.847. The number of halogens is 1. The molecule has 1 aromatic heterocycles. The molecular formula is C10H14ClNO3. The molecule has 1 heterocycles. The number of carbonyl (C=O) groups is 1. The minimum Gasteiger partial charge on any atom is -0.477 e. The highest BCUT2D eigenvalue weighted by atomic mass is 35.5. The number of rotatable bonds is 5. The van der Waals surface area contributed by atoms with E-state index in [0.717, 1.165) is 0 Å². The first-order valence-corrected chi connectivity index (χ1v) is 5.12. The van der Waals surface area contributed by atoms with Crippen molar-refractivity contribution in [2.24, 2.45) is 0 Å². The highest BCUT2D eigenvalue weighted by molar-refractivity contribution is 6.30. The largest absolute Gasteiger partial charge is 0.477 e. The van der Waals surface area contributed by atoms with Gasteiger partial charge < -0.3 is 14.4 Å². The summed E-state index contributed by atoms with van der Waals surface area (Å²) in [4.78, 5) is 10.9. The number of nitrogens with zero attached hydrogens (tertiary/aromatic N) is 1. The van der Waals surface area contributed by atoms with Crippen LogP contribution in [0.4, 0.5) is 0 Å². The van der Waals surface area contributed by atoms with E-state index in [1.54, 1.807) is 10.8 Å². The standard InChI is InChI=1S/C10H14ClNO3/c1-3-15-6-7(2)12-5-8(11)4-9(12)10(13)14/h4-5,7H,3,6H2,1-2H3,(H,13,14). The second kappa shape index (κ2) is 5.19. The minimum absolute atomic E-state index is 0.0384. The van der Waals surface area contributed by atoms with Crippen LogP contribution in [0.25, 0.3) is 0 Å². The number of ether oxygens (including phenoxy) is 1. The zero-order valence-corrected chi connectivity index (χ0v) is 9.49. The average molecular weight is 232 g/mol. The fourth-order valence-electron chi connectivity index (χ4n) is 1.35. The molecule has 1 unspecified atom stereocenters. The van der Waals surface area contributed by atoms with E-state index in [2.05, 4.69) is 0 Å². The number of hydrogen-bond donors (Lipinski definition) is 1. The van der Waals surface area contributed by atoms with Crippen molar-refractivity contribution < 1.29 is 14.6 Å². The highest BCUT2D eigenvalue weighted by Crippen LogP contribution is 2.19. The van der Waals surface area contributed by atoms with Gasteiger partial charge in [0.05, 0.1) is 17.7 Å². The summed E-state index contributed by atoms with van der Waals surface area (Å²) in [6.07, 6.45) is 1.61. The van der Waals surface area contributed by atoms with Gasteiger partial charge in [0.15, 0.2) is 0 Å². The summed E-state index contributed by atoms with van der Waals surface area (Å²) in [7, 11) is 0. The lowest BCUT2D eigenvalue weighted by Gasteiger charge is -2.15. The van der Waals surface area contributed by atoms with Gasteiger partial charge in [-0.25, -0.2) is 4.79 Å². The van der Waals surface area contributed by atoms with Gasteiger partial charge in [-0.1, -0.05) is 11.6 Å². The van der Waals surface area contributed by atoms with Crippen LogP contribution in [0.15, 0.2) is 12.3 Å². The van der Waals surface area contributed by atoms with Crippen molar-refractivity contribution in [2.45, 2.75) is 19.9 Å². The lowest BCUT2D eigenvalue weighted by Crippen LogP contribution is -2.16. The van der Waals surface area contributed by atoms with E-state index in [0.29, 0.717) is 18.2 Å². The Morgan fingerprint density at radius 2 is 2.40 bits per heavy atom. The summed E-state index contributed by atoms with van der Waals surface area (Å²) in [5.41, 5.74) is 0.187. The summed E-state index contributed by atoms with van der Waals surface area (Å²) in [5.74, 6) is -0.981. The SMILES string of the molecule is CCOCC(C)n1cc(Cl)cc1C(=O)O. The molecule has 0 saturated heterocycles. The molecule has 0 fully saturated rings. The van der Waals surface area contributed by atoms with Gasteiger partial charge in [0.25, 0.3) is 0 Å². The van der Waals surface area contributed by atoms with Gasteiger partial charge in [-0.2, -0.15) is 0 Å². The molecule has 0 amide bonds. The Labute approximate surface area is 93.4 Å². The Morgan fingerprint density at radius 3 is 2.93 bits per heavy atom. The second-order valence-electron chi connectivity index (χ2n) is 3.26. The fourth-order valence-corrected chi connectivity index (χ4v) is 1.56. The van der Waals surface area contributed by atoms with Crippen LogP contribution < -0.4 is 0 Å². The molecule has 0 spiro atoms. The normalized spacial score (nSPS) is 12.7. The molecule has 0 saturated carbocycles. The molecule has 4 nitrogen and oxygen atoms in total. The summed E-state index contributed by atoms with van der Waals surface area (Å²) < 4.78 is 6.85. The van der Waals surface area contributed by atoms with Gasteiger partial charge in [-0.05, 0) is 19.9 Å². The van der Waals surface area contributed by atoms with Crippen LogP contribution in [-0.2, 0) is 4.74 Å². The summed E-state index contributed by atoms with van der Waals surface area (Å²) >= 11 is 5.76. The van der Waals surface area contributed by atoms with Gasteiger partial charge in [0, 0.05) is 12.8 Å². The van der Waals surface area contributed by atoms with Crippen molar-refractivity contribution in [3.05, 3.63) is 23.0 Å². The molecule has 0 aliphatic carbocycles. The van der Waals surface area contributed by atoms with E-state index in [9.17, 15) is 4.79 Å². The first kappa shape index (κ1) is 12.1. The number of hydrogen-bond acceptors (Lipinski definition) is 2. The van der Waals surface area contributed by atoms with Crippen molar-refractivity contribution in [1.29, 1.82) is 0 Å². The van der Waals surface area contributed by atoms with Crippen LogP contribution in [0.3, 0.4) is 0 Å². The molecule has 1 aromatic rings. The Hall–Kier alpha value is -1.00. The number of aromatic carboxylic acids is 1. The summed E-state index contributed by atoms with van der Waals surface area (Å²) in [5, 5.41) is 9.36. The van der Waals surface area contributed by atoms with Crippen LogP contribution in [0, 0.1) is 0 Å². The molecule has 1 N–H and O–H groups in total. The van der Waals surface area contributed by atoms with E-state index in [1.165, 1.54) is 6.07 Å². The van der Waals surface area contributed by atoms with E-state index in [-0.39, 0.29) is 11.7 Å². The third-order valence-electron chi connectivity index (χ3n) is 2.07. The average Bonchev–Trinajstić information content (AvgIpc) is 2.57. The van der Waals surface area contributed by atoms with Crippen LogP contribution in [0.5, 0.6) is 0 Å². The van der Waals surface area contributed by atoms with Crippen molar-refractivity contribution in [3.8, 4) is 0 Å². The molecule has 0 radical (unpaired) electrons. The number of carboxylic acid groups (broad SMARTS) is 1. The van der Waals surface area contributed by atoms with Crippen LogP contribution in [0.2, 0.25) is 5.02 Å². The first-order chi connectivity index (χ1) is 7.06. The molecular weight excluding hydrogens is 218 g/mol. The van der Waals surface area contributed by atoms with Crippen LogP contribution in [0.1, 0.15) is 30.4 Å². The Morgan fingerprint density at radius 1 is 1.73 bits per heavy atom. The van der Waals surface area contributed by atoms with Gasteiger partial charge in [-0.3, -0.25) is 0 Å². The molecule has 1 rings (SSSR count). The Bertz CT molecular complexity index is 348. The first-order valence-electron chi connectivity index (χ1n) is 4.74. The molecule has 1 atom stereocenters. The van der Waals surface area contributed by atoms with E-state index < -0.39 is 5.97 Å². The Balaban J connectivity index is 2.86. The smallest absolute Gasteiger partial charge is 0.352 e. The van der Waals surface area contributed by atoms with Crippen molar-refractivity contribution in [3.63, 3.8) is 0 Å². The topological polar surface area (TPSA) is 51.5 Å². The van der Waals surface area contributed by atoms with E-state index in [1.807, 2.05) is 13.8 Å². The maximum absolute atomic E-state index is 10.9. The third kappa shape index (κ3) is 2.97. The summed E-state index contributed by atoms with van der Waals surface area (Å²) in [6.45, 7) is 4.87. The van der Waals surface area contributed by atoms with Gasteiger partial charge in [0.1, 0.15) is 5.69 Å². The van der Waals surface area contributed by atoms with Gasteiger partial charge in [-0.15, -0.1) is 0 Å². The molecule has 0 bridgehead atoms. The molecule has 15 heavy (non-hydrogen) atoms. The summed E-state index contributed by atoms with van der Waals surface area (Å²) in [6, 6.07) is 1.40. The minimum atomic E-state index is -0.981. The van der Waals surface area contributed by atoms with E-state index >= 15 is 0 Å².